The first-order valence-corrected chi connectivity index (χ1v) is 8.83. The summed E-state index contributed by atoms with van der Waals surface area (Å²) < 4.78 is 6.17. The van der Waals surface area contributed by atoms with Crippen molar-refractivity contribution < 1.29 is 9.53 Å². The number of carbonyl (C=O) groups is 1. The molecular weight excluding hydrogens is 354 g/mol. The zero-order chi connectivity index (χ0) is 18.0. The molecule has 0 spiro atoms. The van der Waals surface area contributed by atoms with Crippen LogP contribution in [0.25, 0.3) is 10.2 Å². The van der Waals surface area contributed by atoms with E-state index in [0.717, 1.165) is 15.8 Å². The molecule has 0 saturated carbocycles. The first-order valence-electron chi connectivity index (χ1n) is 7.60. The number of carbonyl (C=O) groups excluding carboxylic acids is 1. The number of anilines is 1. The summed E-state index contributed by atoms with van der Waals surface area (Å²) in [7, 11) is 1.58. The summed E-state index contributed by atoms with van der Waals surface area (Å²) in [6, 6.07) is 11.0. The van der Waals surface area contributed by atoms with Gasteiger partial charge in [0.2, 0.25) is 0 Å². The van der Waals surface area contributed by atoms with E-state index in [1.807, 2.05) is 6.92 Å². The van der Waals surface area contributed by atoms with Gasteiger partial charge in [-0.25, -0.2) is 4.98 Å². The summed E-state index contributed by atoms with van der Waals surface area (Å²) in [6.07, 6.45) is 0. The van der Waals surface area contributed by atoms with Gasteiger partial charge in [-0.05, 0) is 67.5 Å². The fraction of sp³-hybridized carbons (Fsp3) is 0.167. The Morgan fingerprint density at radius 2 is 1.92 bits per heavy atom. The summed E-state index contributed by atoms with van der Waals surface area (Å²) in [5.74, 6) is 0.408. The molecule has 0 radical (unpaired) electrons. The van der Waals surface area contributed by atoms with Gasteiger partial charge in [0.1, 0.15) is 5.75 Å². The molecule has 0 unspecified atom stereocenters. The van der Waals surface area contributed by atoms with Gasteiger partial charge in [-0.1, -0.05) is 17.4 Å². The van der Waals surface area contributed by atoms with Crippen LogP contribution < -0.4 is 15.4 Å². The Kier molecular flexibility index (Phi) is 4.96. The van der Waals surface area contributed by atoms with Crippen LogP contribution in [0.1, 0.15) is 21.5 Å². The monoisotopic (exact) mass is 371 g/mol. The third-order valence-electron chi connectivity index (χ3n) is 3.63. The number of rotatable bonds is 3. The molecule has 3 aromatic rings. The van der Waals surface area contributed by atoms with E-state index in [9.17, 15) is 4.79 Å². The molecule has 1 heterocycles. The van der Waals surface area contributed by atoms with Gasteiger partial charge < -0.3 is 10.1 Å². The number of thiazole rings is 1. The number of benzene rings is 2. The van der Waals surface area contributed by atoms with Crippen molar-refractivity contribution >= 4 is 49.9 Å². The summed E-state index contributed by atoms with van der Waals surface area (Å²) in [6.45, 7) is 4.08. The van der Waals surface area contributed by atoms with Crippen molar-refractivity contribution in [2.24, 2.45) is 0 Å². The number of ether oxygens (including phenoxy) is 1. The fourth-order valence-electron chi connectivity index (χ4n) is 2.47. The van der Waals surface area contributed by atoms with E-state index in [1.54, 1.807) is 31.4 Å². The van der Waals surface area contributed by atoms with E-state index in [2.05, 4.69) is 34.7 Å². The number of hydrogen-bond donors (Lipinski definition) is 2. The number of thiocarbonyl (C=S) groups is 1. The van der Waals surface area contributed by atoms with Gasteiger partial charge >= 0.3 is 0 Å². The van der Waals surface area contributed by atoms with Crippen LogP contribution in [0, 0.1) is 13.8 Å². The molecule has 0 saturated heterocycles. The van der Waals surface area contributed by atoms with Gasteiger partial charge in [0.25, 0.3) is 5.91 Å². The largest absolute Gasteiger partial charge is 0.497 e. The molecular formula is C18H17N3O2S2. The highest BCUT2D eigenvalue weighted by Gasteiger charge is 2.11. The number of methoxy groups -OCH3 is 1. The van der Waals surface area contributed by atoms with E-state index in [-0.39, 0.29) is 11.0 Å². The molecule has 3 rings (SSSR count). The summed E-state index contributed by atoms with van der Waals surface area (Å²) in [5.41, 5.74) is 3.76. The Hall–Kier alpha value is -2.51. The standard InChI is InChI=1S/C18H17N3O2S2/c1-10-8-11(2)15-14(9-10)25-18(19-15)21-17(24)20-16(22)12-4-6-13(23-3)7-5-12/h4-9H,1-3H3,(H2,19,20,21,22,24). The zero-order valence-electron chi connectivity index (χ0n) is 14.0. The molecule has 2 aromatic carbocycles. The quantitative estimate of drug-likeness (QED) is 0.680. The minimum absolute atomic E-state index is 0.217. The van der Waals surface area contributed by atoms with Crippen molar-refractivity contribution in [2.75, 3.05) is 12.4 Å². The summed E-state index contributed by atoms with van der Waals surface area (Å²) in [5, 5.41) is 6.52. The van der Waals surface area contributed by atoms with Gasteiger partial charge in [-0.2, -0.15) is 0 Å². The maximum absolute atomic E-state index is 12.2. The molecule has 1 amide bonds. The molecule has 0 aliphatic rings. The summed E-state index contributed by atoms with van der Waals surface area (Å²) >= 11 is 6.73. The minimum Gasteiger partial charge on any atom is -0.497 e. The van der Waals surface area contributed by atoms with Gasteiger partial charge in [-0.3, -0.25) is 10.1 Å². The van der Waals surface area contributed by atoms with Gasteiger partial charge in [0.05, 0.1) is 17.3 Å². The van der Waals surface area contributed by atoms with Crippen molar-refractivity contribution in [1.29, 1.82) is 0 Å². The highest BCUT2D eigenvalue weighted by molar-refractivity contribution is 7.80. The summed E-state index contributed by atoms with van der Waals surface area (Å²) in [4.78, 5) is 16.8. The highest BCUT2D eigenvalue weighted by Crippen LogP contribution is 2.29. The minimum atomic E-state index is -0.284. The van der Waals surface area contributed by atoms with Crippen LogP contribution in [-0.4, -0.2) is 23.1 Å². The maximum atomic E-state index is 12.2. The van der Waals surface area contributed by atoms with E-state index < -0.39 is 0 Å². The third kappa shape index (κ3) is 3.94. The molecule has 0 aliphatic heterocycles. The first kappa shape index (κ1) is 17.3. The second-order valence-electron chi connectivity index (χ2n) is 5.58. The Morgan fingerprint density at radius 1 is 1.20 bits per heavy atom. The van der Waals surface area contributed by atoms with Crippen LogP contribution in [0.3, 0.4) is 0 Å². The topological polar surface area (TPSA) is 63.2 Å². The molecule has 2 N–H and O–H groups in total. The number of fused-ring (bicyclic) bond motifs is 1. The Bertz CT molecular complexity index is 949. The molecule has 128 valence electrons. The van der Waals surface area contributed by atoms with Crippen LogP contribution in [-0.2, 0) is 0 Å². The highest BCUT2D eigenvalue weighted by atomic mass is 32.1. The lowest BCUT2D eigenvalue weighted by molar-refractivity contribution is 0.0977. The third-order valence-corrected chi connectivity index (χ3v) is 4.75. The number of nitrogens with one attached hydrogen (secondary N) is 2. The normalized spacial score (nSPS) is 10.5. The van der Waals surface area contributed by atoms with Gasteiger partial charge in [-0.15, -0.1) is 0 Å². The van der Waals surface area contributed by atoms with E-state index in [0.29, 0.717) is 16.4 Å². The molecule has 0 fully saturated rings. The molecule has 0 atom stereocenters. The lowest BCUT2D eigenvalue weighted by Gasteiger charge is -2.07. The molecule has 0 bridgehead atoms. The predicted octanol–water partition coefficient (Wildman–Crippen LogP) is 4.05. The SMILES string of the molecule is COc1ccc(C(=O)NC(=S)Nc2nc3c(C)cc(C)cc3s2)cc1. The molecule has 25 heavy (non-hydrogen) atoms. The Labute approximate surface area is 155 Å². The van der Waals surface area contributed by atoms with Crippen LogP contribution in [0.15, 0.2) is 36.4 Å². The number of aryl methyl sites for hydroxylation is 2. The average Bonchev–Trinajstić information content (AvgIpc) is 2.97. The van der Waals surface area contributed by atoms with Crippen molar-refractivity contribution in [3.63, 3.8) is 0 Å². The van der Waals surface area contributed by atoms with Crippen LogP contribution in [0.2, 0.25) is 0 Å². The van der Waals surface area contributed by atoms with Crippen molar-refractivity contribution in [3.8, 4) is 5.75 Å². The predicted molar refractivity (Wildman–Crippen MR) is 106 cm³/mol. The van der Waals surface area contributed by atoms with E-state index in [1.165, 1.54) is 16.9 Å². The van der Waals surface area contributed by atoms with Crippen LogP contribution in [0.5, 0.6) is 5.75 Å². The van der Waals surface area contributed by atoms with Crippen molar-refractivity contribution in [3.05, 3.63) is 53.1 Å². The number of hydrogen-bond acceptors (Lipinski definition) is 5. The number of nitrogens with zero attached hydrogens (tertiary/aromatic N) is 1. The fourth-order valence-corrected chi connectivity index (χ4v) is 3.77. The van der Waals surface area contributed by atoms with Gasteiger partial charge in [0, 0.05) is 5.56 Å². The Morgan fingerprint density at radius 3 is 2.60 bits per heavy atom. The van der Waals surface area contributed by atoms with E-state index in [4.69, 9.17) is 17.0 Å². The number of aromatic nitrogens is 1. The average molecular weight is 371 g/mol. The molecule has 0 aliphatic carbocycles. The smallest absolute Gasteiger partial charge is 0.257 e. The van der Waals surface area contributed by atoms with Crippen LogP contribution >= 0.6 is 23.6 Å². The lowest BCUT2D eigenvalue weighted by Crippen LogP contribution is -2.34. The maximum Gasteiger partial charge on any atom is 0.257 e. The first-order chi connectivity index (χ1) is 12.0. The second kappa shape index (κ2) is 7.16. The second-order valence-corrected chi connectivity index (χ2v) is 7.02. The number of amides is 1. The zero-order valence-corrected chi connectivity index (χ0v) is 15.7. The molecule has 1 aromatic heterocycles. The lowest BCUT2D eigenvalue weighted by atomic mass is 10.1. The molecule has 7 heteroatoms. The molecule has 5 nitrogen and oxygen atoms in total. The van der Waals surface area contributed by atoms with Crippen molar-refractivity contribution in [2.45, 2.75) is 13.8 Å². The van der Waals surface area contributed by atoms with Crippen LogP contribution in [0.4, 0.5) is 5.13 Å². The van der Waals surface area contributed by atoms with Gasteiger partial charge in [0.15, 0.2) is 10.2 Å². The Balaban J connectivity index is 1.69. The van der Waals surface area contributed by atoms with E-state index >= 15 is 0 Å². The van der Waals surface area contributed by atoms with Crippen molar-refractivity contribution in [1.82, 2.24) is 10.3 Å².